The minimum atomic E-state index is -1.05. The minimum Gasteiger partial charge on any atom is -0.419 e. The molecule has 1 aliphatic rings. The van der Waals surface area contributed by atoms with Crippen LogP contribution in [0.15, 0.2) is 52.9 Å². The number of benzene rings is 2. The molecule has 0 radical (unpaired) electrons. The molecule has 3 unspecified atom stereocenters. The number of aliphatic hydroxyl groups excluding tert-OH is 3. The lowest BCUT2D eigenvalue weighted by Crippen LogP contribution is -2.44. The number of hydrogen-bond donors (Lipinski definition) is 4. The van der Waals surface area contributed by atoms with Crippen molar-refractivity contribution < 1.29 is 24.5 Å². The molecule has 3 aromatic rings. The number of ether oxygens (including phenoxy) is 1. The van der Waals surface area contributed by atoms with Crippen LogP contribution in [0, 0.1) is 0 Å². The molecule has 4 N–H and O–H groups in total. The van der Waals surface area contributed by atoms with Gasteiger partial charge in [0, 0.05) is 17.5 Å². The van der Waals surface area contributed by atoms with Gasteiger partial charge in [0.1, 0.15) is 12.2 Å². The molecule has 1 aromatic heterocycles. The third-order valence-electron chi connectivity index (χ3n) is 5.67. The smallest absolute Gasteiger partial charge is 0.247 e. The Labute approximate surface area is 193 Å². The van der Waals surface area contributed by atoms with E-state index in [-0.39, 0.29) is 18.6 Å². The quantitative estimate of drug-likeness (QED) is 0.450. The Hall–Kier alpha value is -2.62. The van der Waals surface area contributed by atoms with Gasteiger partial charge in [-0.2, -0.15) is 0 Å². The first kappa shape index (κ1) is 23.5. The Kier molecular flexibility index (Phi) is 6.92. The summed E-state index contributed by atoms with van der Waals surface area (Å²) < 4.78 is 11.6. The Bertz CT molecular complexity index is 1060. The van der Waals surface area contributed by atoms with Crippen molar-refractivity contribution in [3.8, 4) is 22.6 Å². The molecule has 0 spiro atoms. The van der Waals surface area contributed by atoms with Gasteiger partial charge in [0.25, 0.3) is 0 Å². The van der Waals surface area contributed by atoms with E-state index in [9.17, 15) is 15.3 Å². The van der Waals surface area contributed by atoms with Crippen molar-refractivity contribution in [2.24, 2.45) is 0 Å². The molecular formula is C25H31N3O5. The second kappa shape index (κ2) is 9.70. The van der Waals surface area contributed by atoms with Gasteiger partial charge in [-0.15, -0.1) is 10.2 Å². The van der Waals surface area contributed by atoms with Gasteiger partial charge < -0.3 is 29.8 Å². The van der Waals surface area contributed by atoms with Crippen molar-refractivity contribution in [3.63, 3.8) is 0 Å². The first-order chi connectivity index (χ1) is 15.7. The number of nitrogens with one attached hydrogen (secondary N) is 1. The van der Waals surface area contributed by atoms with Crippen LogP contribution in [-0.2, 0) is 11.3 Å². The maximum Gasteiger partial charge on any atom is 0.247 e. The Balaban J connectivity index is 1.50. The average molecular weight is 454 g/mol. The number of hydrogen-bond acceptors (Lipinski definition) is 8. The molecule has 0 bridgehead atoms. The van der Waals surface area contributed by atoms with Crippen molar-refractivity contribution in [2.75, 3.05) is 6.61 Å². The van der Waals surface area contributed by atoms with Crippen LogP contribution in [0.25, 0.3) is 22.6 Å². The highest BCUT2D eigenvalue weighted by Crippen LogP contribution is 2.34. The zero-order valence-corrected chi connectivity index (χ0v) is 19.1. The summed E-state index contributed by atoms with van der Waals surface area (Å²) in [5.41, 5.74) is 3.44. The van der Waals surface area contributed by atoms with Crippen LogP contribution >= 0.6 is 0 Å². The Morgan fingerprint density at radius 1 is 1.00 bits per heavy atom. The highest BCUT2D eigenvalue weighted by atomic mass is 16.5. The standard InChI is InChI=1S/C25H31N3O5/c1-25(2,3)26-13-21-27-28-24(33-21)16-9-7-15(8-10-16)17-5-4-6-18(11-17)23-22(31)20(30)12-19(14-29)32-23/h4-11,19-20,22-23,26,29-31H,12-14H2,1-3H3/t19?,20?,22?,23-/m1/s1. The fourth-order valence-corrected chi connectivity index (χ4v) is 3.83. The fourth-order valence-electron chi connectivity index (χ4n) is 3.83. The second-order valence-electron chi connectivity index (χ2n) is 9.46. The third kappa shape index (κ3) is 5.66. The fraction of sp³-hybridized carbons (Fsp3) is 0.440. The SMILES string of the molecule is CC(C)(C)NCc1nnc(-c2ccc(-c3cccc([C@H]4OC(CO)CC(O)C4O)c3)cc2)o1. The molecule has 1 fully saturated rings. The molecule has 8 nitrogen and oxygen atoms in total. The molecule has 2 aromatic carbocycles. The number of rotatable bonds is 6. The van der Waals surface area contributed by atoms with Crippen LogP contribution in [0.4, 0.5) is 0 Å². The molecule has 0 aliphatic carbocycles. The van der Waals surface area contributed by atoms with Crippen molar-refractivity contribution in [2.45, 2.75) is 63.7 Å². The molecule has 4 rings (SSSR count). The van der Waals surface area contributed by atoms with Crippen LogP contribution in [0.3, 0.4) is 0 Å². The van der Waals surface area contributed by atoms with Gasteiger partial charge in [0.05, 0.1) is 25.4 Å². The number of nitrogens with zero attached hydrogens (tertiary/aromatic N) is 2. The Morgan fingerprint density at radius 3 is 2.42 bits per heavy atom. The maximum absolute atomic E-state index is 10.4. The summed E-state index contributed by atoms with van der Waals surface area (Å²) in [6, 6.07) is 15.4. The van der Waals surface area contributed by atoms with E-state index in [1.807, 2.05) is 48.5 Å². The van der Waals surface area contributed by atoms with Crippen LogP contribution in [0.2, 0.25) is 0 Å². The second-order valence-corrected chi connectivity index (χ2v) is 9.46. The first-order valence-corrected chi connectivity index (χ1v) is 11.1. The summed E-state index contributed by atoms with van der Waals surface area (Å²) in [4.78, 5) is 0. The lowest BCUT2D eigenvalue weighted by Gasteiger charge is -2.37. The molecule has 0 amide bonds. The maximum atomic E-state index is 10.4. The van der Waals surface area contributed by atoms with E-state index in [1.54, 1.807) is 0 Å². The van der Waals surface area contributed by atoms with Gasteiger partial charge in [0.15, 0.2) is 0 Å². The van der Waals surface area contributed by atoms with Gasteiger partial charge in [-0.3, -0.25) is 0 Å². The zero-order valence-electron chi connectivity index (χ0n) is 19.1. The first-order valence-electron chi connectivity index (χ1n) is 11.1. The highest BCUT2D eigenvalue weighted by molar-refractivity contribution is 5.68. The van der Waals surface area contributed by atoms with E-state index >= 15 is 0 Å². The van der Waals surface area contributed by atoms with Gasteiger partial charge in [-0.1, -0.05) is 30.3 Å². The largest absolute Gasteiger partial charge is 0.419 e. The molecule has 33 heavy (non-hydrogen) atoms. The van der Waals surface area contributed by atoms with E-state index < -0.39 is 24.4 Å². The predicted octanol–water partition coefficient (Wildman–Crippen LogP) is 2.84. The van der Waals surface area contributed by atoms with Crippen LogP contribution in [0.5, 0.6) is 0 Å². The summed E-state index contributed by atoms with van der Waals surface area (Å²) >= 11 is 0. The van der Waals surface area contributed by atoms with E-state index in [0.717, 1.165) is 22.3 Å². The Morgan fingerprint density at radius 2 is 1.73 bits per heavy atom. The van der Waals surface area contributed by atoms with Gasteiger partial charge in [-0.25, -0.2) is 0 Å². The molecule has 0 saturated carbocycles. The van der Waals surface area contributed by atoms with Gasteiger partial charge in [0.2, 0.25) is 11.8 Å². The topological polar surface area (TPSA) is 121 Å². The van der Waals surface area contributed by atoms with Crippen LogP contribution in [-0.4, -0.2) is 56.0 Å². The summed E-state index contributed by atoms with van der Waals surface area (Å²) in [7, 11) is 0. The van der Waals surface area contributed by atoms with Crippen molar-refractivity contribution >= 4 is 0 Å². The van der Waals surface area contributed by atoms with Gasteiger partial charge in [-0.05, 0) is 55.7 Å². The van der Waals surface area contributed by atoms with E-state index in [4.69, 9.17) is 9.15 Å². The van der Waals surface area contributed by atoms with Gasteiger partial charge >= 0.3 is 0 Å². The normalized spacial score (nSPS) is 23.6. The summed E-state index contributed by atoms with van der Waals surface area (Å²) in [6.07, 6.45) is -3.00. The minimum absolute atomic E-state index is 0.0410. The molecule has 4 atom stereocenters. The summed E-state index contributed by atoms with van der Waals surface area (Å²) in [5.74, 6) is 0.995. The molecule has 2 heterocycles. The van der Waals surface area contributed by atoms with Crippen LogP contribution < -0.4 is 5.32 Å². The number of aromatic nitrogens is 2. The predicted molar refractivity (Wildman–Crippen MR) is 123 cm³/mol. The average Bonchev–Trinajstić information content (AvgIpc) is 3.28. The molecular weight excluding hydrogens is 422 g/mol. The lowest BCUT2D eigenvalue weighted by atomic mass is 9.91. The molecule has 8 heteroatoms. The molecule has 1 aliphatic heterocycles. The third-order valence-corrected chi connectivity index (χ3v) is 5.67. The molecule has 1 saturated heterocycles. The van der Waals surface area contributed by atoms with Crippen molar-refractivity contribution in [1.29, 1.82) is 0 Å². The summed E-state index contributed by atoms with van der Waals surface area (Å²) in [5, 5.41) is 41.6. The monoisotopic (exact) mass is 453 g/mol. The van der Waals surface area contributed by atoms with Crippen molar-refractivity contribution in [1.82, 2.24) is 15.5 Å². The van der Waals surface area contributed by atoms with Crippen molar-refractivity contribution in [3.05, 3.63) is 60.0 Å². The zero-order chi connectivity index (χ0) is 23.6. The van der Waals surface area contributed by atoms with E-state index in [2.05, 4.69) is 36.3 Å². The molecule has 176 valence electrons. The summed E-state index contributed by atoms with van der Waals surface area (Å²) in [6.45, 7) is 6.53. The van der Waals surface area contributed by atoms with E-state index in [1.165, 1.54) is 0 Å². The van der Waals surface area contributed by atoms with E-state index in [0.29, 0.717) is 18.3 Å². The highest BCUT2D eigenvalue weighted by Gasteiger charge is 2.37. The number of aliphatic hydroxyl groups is 3. The lowest BCUT2D eigenvalue weighted by molar-refractivity contribution is -0.179. The van der Waals surface area contributed by atoms with Crippen LogP contribution in [0.1, 0.15) is 44.8 Å².